The van der Waals surface area contributed by atoms with Gasteiger partial charge in [-0.15, -0.1) is 0 Å². The number of hydrogen-bond acceptors (Lipinski definition) is 16. The lowest BCUT2D eigenvalue weighted by Crippen LogP contribution is -2.43. The van der Waals surface area contributed by atoms with Crippen molar-refractivity contribution >= 4 is 39.1 Å². The van der Waals surface area contributed by atoms with Crippen LogP contribution in [-0.2, 0) is 56.3 Å². The monoisotopic (exact) mass is 707 g/mol. The maximum Gasteiger partial charge on any atom is 0.374 e. The molecule has 0 radical (unpaired) electrons. The van der Waals surface area contributed by atoms with Crippen LogP contribution in [0.1, 0.15) is 68.2 Å². The van der Waals surface area contributed by atoms with Crippen molar-refractivity contribution in [1.29, 1.82) is 0 Å². The van der Waals surface area contributed by atoms with Crippen molar-refractivity contribution in [1.82, 2.24) is 0 Å². The van der Waals surface area contributed by atoms with E-state index in [1.165, 1.54) is 27.7 Å². The fourth-order valence-electron chi connectivity index (χ4n) is 3.33. The quantitative estimate of drug-likeness (QED) is 0.0417. The van der Waals surface area contributed by atoms with E-state index in [1.54, 1.807) is 27.7 Å². The van der Waals surface area contributed by atoms with Gasteiger partial charge in [0.1, 0.15) is 12.1 Å². The number of carbonyl (C=O) groups excluding carboxylic acids is 4. The molecule has 0 saturated carbocycles. The van der Waals surface area contributed by atoms with Crippen molar-refractivity contribution in [3.63, 3.8) is 0 Å². The van der Waals surface area contributed by atoms with E-state index < -0.39 is 100 Å². The van der Waals surface area contributed by atoms with Crippen LogP contribution in [-0.4, -0.2) is 88.3 Å². The molecule has 0 fully saturated rings. The first-order chi connectivity index (χ1) is 21.0. The Hall–Kier alpha value is -1.98. The van der Waals surface area contributed by atoms with Crippen LogP contribution in [0.3, 0.4) is 0 Å². The smallest absolute Gasteiger partial charge is 0.374 e. The Morgan fingerprint density at radius 3 is 1.24 bits per heavy atom. The lowest BCUT2D eigenvalue weighted by molar-refractivity contribution is -0.177. The molecule has 9 N–H and O–H groups in total. The molecule has 0 heterocycles. The number of aliphatic hydroxyl groups is 1. The molecule has 0 saturated heterocycles. The SMILES string of the molecule is CC(C)[C@H](N)C(=O)O[C@H](C(=O)OCOP(=O)(O)C(O)(CCCN)P(=O)(O)OCOC(=O)[C@@H](OC(=O)[C@@H](N)C(C)C)C(C)C)C(C)C. The van der Waals surface area contributed by atoms with Crippen molar-refractivity contribution in [3.05, 3.63) is 0 Å². The van der Waals surface area contributed by atoms with Gasteiger partial charge in [0.05, 0.1) is 0 Å². The summed E-state index contributed by atoms with van der Waals surface area (Å²) in [6.45, 7) is 9.82. The molecule has 20 heteroatoms. The van der Waals surface area contributed by atoms with E-state index in [2.05, 4.69) is 9.05 Å². The molecule has 0 aromatic heterocycles. The fraction of sp³-hybridized carbons (Fsp3) is 0.846. The van der Waals surface area contributed by atoms with Crippen LogP contribution in [0.5, 0.6) is 0 Å². The van der Waals surface area contributed by atoms with Gasteiger partial charge >= 0.3 is 39.1 Å². The van der Waals surface area contributed by atoms with Gasteiger partial charge in [-0.3, -0.25) is 27.8 Å². The van der Waals surface area contributed by atoms with Crippen LogP contribution < -0.4 is 17.2 Å². The predicted octanol–water partition coefficient (Wildman–Crippen LogP) is 0.879. The Kier molecular flexibility index (Phi) is 18.3. The number of ether oxygens (including phenoxy) is 4. The minimum absolute atomic E-state index is 0.216. The van der Waals surface area contributed by atoms with Gasteiger partial charge < -0.3 is 51.0 Å². The van der Waals surface area contributed by atoms with Crippen LogP contribution in [0.15, 0.2) is 0 Å². The molecule has 0 aromatic carbocycles. The van der Waals surface area contributed by atoms with Crippen LogP contribution >= 0.6 is 15.2 Å². The molecule has 6 atom stereocenters. The molecular weight excluding hydrogens is 656 g/mol. The molecule has 46 heavy (non-hydrogen) atoms. The summed E-state index contributed by atoms with van der Waals surface area (Å²) in [7, 11) is -11.3. The first-order valence-electron chi connectivity index (χ1n) is 14.6. The Labute approximate surface area is 269 Å². The molecule has 0 spiro atoms. The van der Waals surface area contributed by atoms with Gasteiger partial charge in [-0.2, -0.15) is 0 Å². The van der Waals surface area contributed by atoms with Gasteiger partial charge in [0, 0.05) is 18.3 Å². The first kappa shape index (κ1) is 44.0. The molecule has 18 nitrogen and oxygen atoms in total. The van der Waals surface area contributed by atoms with Crippen molar-refractivity contribution in [2.24, 2.45) is 40.9 Å². The largest absolute Gasteiger partial charge is 0.449 e. The van der Waals surface area contributed by atoms with Crippen molar-refractivity contribution in [2.75, 3.05) is 20.1 Å². The summed E-state index contributed by atoms with van der Waals surface area (Å²) in [5.41, 5.74) is 16.9. The first-order valence-corrected chi connectivity index (χ1v) is 17.8. The zero-order chi connectivity index (χ0) is 36.2. The maximum absolute atomic E-state index is 13.1. The van der Waals surface area contributed by atoms with Gasteiger partial charge in [0.2, 0.25) is 25.8 Å². The minimum atomic E-state index is -5.64. The zero-order valence-electron chi connectivity index (χ0n) is 27.5. The van der Waals surface area contributed by atoms with Gasteiger partial charge in [-0.05, 0) is 24.8 Å². The lowest BCUT2D eigenvalue weighted by Gasteiger charge is -2.34. The maximum atomic E-state index is 13.1. The second-order valence-corrected chi connectivity index (χ2v) is 16.3. The highest BCUT2D eigenvalue weighted by Crippen LogP contribution is 2.73. The molecule has 0 aliphatic rings. The molecule has 0 amide bonds. The highest BCUT2D eigenvalue weighted by atomic mass is 31.2. The normalized spacial score (nSPS) is 18.6. The molecule has 0 rings (SSSR count). The molecule has 270 valence electrons. The van der Waals surface area contributed by atoms with Crippen molar-refractivity contribution in [3.8, 4) is 0 Å². The Morgan fingerprint density at radius 2 is 0.978 bits per heavy atom. The van der Waals surface area contributed by atoms with Gasteiger partial charge in [0.25, 0.3) is 5.08 Å². The van der Waals surface area contributed by atoms with Crippen molar-refractivity contribution in [2.45, 2.75) is 97.6 Å². The summed E-state index contributed by atoms with van der Waals surface area (Å²) in [6, 6.07) is -2.10. The predicted molar refractivity (Wildman–Crippen MR) is 162 cm³/mol. The highest BCUT2D eigenvalue weighted by molar-refractivity contribution is 7.72. The molecule has 0 aliphatic heterocycles. The highest BCUT2D eigenvalue weighted by Gasteiger charge is 2.62. The van der Waals surface area contributed by atoms with E-state index in [0.717, 1.165) is 0 Å². The standard InChI is InChI=1S/C26H51N3O15P2/c1-14(2)18(28)22(30)43-20(16(5)6)24(32)39-12-41-45(35,36)26(34,10-9-11-27)46(37,38)42-13-40-25(33)21(17(7)8)44-23(31)19(29)15(3)4/h14-21,34H,9-13,27-29H2,1-8H3,(H,35,36)(H,37,38)/t18-,19-,20-,21-/m0/s1. The number of carbonyl (C=O) groups is 4. The van der Waals surface area contributed by atoms with Gasteiger partial charge in [0.15, 0.2) is 0 Å². The third-order valence-electron chi connectivity index (χ3n) is 6.62. The van der Waals surface area contributed by atoms with E-state index >= 15 is 0 Å². The minimum Gasteiger partial charge on any atom is -0.449 e. The number of nitrogens with two attached hydrogens (primary N) is 3. The second kappa shape index (κ2) is 19.1. The Morgan fingerprint density at radius 1 is 0.652 bits per heavy atom. The van der Waals surface area contributed by atoms with Crippen LogP contribution in [0.25, 0.3) is 0 Å². The van der Waals surface area contributed by atoms with E-state index in [9.17, 15) is 43.2 Å². The summed E-state index contributed by atoms with van der Waals surface area (Å²) in [4.78, 5) is 70.7. The average Bonchev–Trinajstić information content (AvgIpc) is 2.94. The summed E-state index contributed by atoms with van der Waals surface area (Å²) in [5, 5.41) is 7.47. The van der Waals surface area contributed by atoms with Gasteiger partial charge in [-0.1, -0.05) is 55.4 Å². The number of hydrogen-bond donors (Lipinski definition) is 6. The third kappa shape index (κ3) is 12.6. The van der Waals surface area contributed by atoms with Crippen LogP contribution in [0.4, 0.5) is 0 Å². The van der Waals surface area contributed by atoms with E-state index in [0.29, 0.717) is 0 Å². The molecule has 0 bridgehead atoms. The number of esters is 4. The van der Waals surface area contributed by atoms with Crippen LogP contribution in [0, 0.1) is 23.7 Å². The second-order valence-electron chi connectivity index (χ2n) is 11.9. The molecular formula is C26H51N3O15P2. The topological polar surface area (TPSA) is 297 Å². The summed E-state index contributed by atoms with van der Waals surface area (Å²) >= 11 is 0. The Bertz CT molecular complexity index is 1040. The fourth-order valence-corrected chi connectivity index (χ4v) is 6.64. The van der Waals surface area contributed by atoms with E-state index in [4.69, 9.17) is 36.1 Å². The molecule has 0 aliphatic carbocycles. The van der Waals surface area contributed by atoms with E-state index in [1.807, 2.05) is 0 Å². The zero-order valence-corrected chi connectivity index (χ0v) is 29.3. The van der Waals surface area contributed by atoms with Crippen LogP contribution in [0.2, 0.25) is 0 Å². The third-order valence-corrected chi connectivity index (χ3v) is 11.3. The summed E-state index contributed by atoms with van der Waals surface area (Å²) in [6.07, 6.45) is -4.20. The number of rotatable bonds is 21. The Balaban J connectivity index is 5.67. The summed E-state index contributed by atoms with van der Waals surface area (Å²) < 4.78 is 55.4. The van der Waals surface area contributed by atoms with Crippen molar-refractivity contribution < 1.29 is 71.2 Å². The van der Waals surface area contributed by atoms with E-state index in [-0.39, 0.29) is 24.8 Å². The van der Waals surface area contributed by atoms with Gasteiger partial charge in [-0.25, -0.2) is 9.59 Å². The molecule has 0 aromatic rings. The summed E-state index contributed by atoms with van der Waals surface area (Å²) in [5.74, 6) is -6.07. The molecule has 2 unspecified atom stereocenters. The lowest BCUT2D eigenvalue weighted by atomic mass is 10.0. The average molecular weight is 708 g/mol.